The lowest BCUT2D eigenvalue weighted by Crippen LogP contribution is -2.07. The van der Waals surface area contributed by atoms with Gasteiger partial charge in [-0.05, 0) is 30.7 Å². The zero-order chi connectivity index (χ0) is 12.1. The molecule has 0 aliphatic rings. The van der Waals surface area contributed by atoms with E-state index >= 15 is 0 Å². The Hall–Kier alpha value is -1.67. The molecule has 1 rings (SSSR count). The maximum absolute atomic E-state index is 10.8. The molecular formula is C11H11NO3S. The summed E-state index contributed by atoms with van der Waals surface area (Å²) < 4.78 is 5.24. The number of thiol groups is 1. The zero-order valence-electron chi connectivity index (χ0n) is 8.67. The summed E-state index contributed by atoms with van der Waals surface area (Å²) in [7, 11) is 0. The smallest absolute Gasteiger partial charge is 0.320 e. The summed E-state index contributed by atoms with van der Waals surface area (Å²) in [5.74, 6) is -0.551. The molecule has 0 aliphatic carbocycles. The first kappa shape index (κ1) is 12.4. The number of hydrogen-bond acceptors (Lipinski definition) is 4. The molecule has 0 heterocycles. The van der Waals surface area contributed by atoms with Crippen LogP contribution in [0, 0.1) is 11.3 Å². The fraction of sp³-hybridized carbons (Fsp3) is 0.273. The first-order valence-electron chi connectivity index (χ1n) is 4.67. The van der Waals surface area contributed by atoms with Gasteiger partial charge in [-0.25, -0.2) is 0 Å². The number of ether oxygens (including phenoxy) is 1. The molecule has 0 saturated heterocycles. The number of aliphatic carboxylic acids is 1. The quantitative estimate of drug-likeness (QED) is 0.786. The van der Waals surface area contributed by atoms with Crippen molar-refractivity contribution in [2.24, 2.45) is 0 Å². The van der Waals surface area contributed by atoms with Crippen molar-refractivity contribution in [3.05, 3.63) is 29.3 Å². The first-order chi connectivity index (χ1) is 7.60. The molecule has 0 saturated carbocycles. The Kier molecular flexibility index (Phi) is 4.20. The Balaban J connectivity index is 3.17. The van der Waals surface area contributed by atoms with Crippen molar-refractivity contribution in [3.8, 4) is 11.8 Å². The van der Waals surface area contributed by atoms with E-state index in [0.29, 0.717) is 23.5 Å². The number of nitrogens with zero attached hydrogens (tertiary/aromatic N) is 1. The third-order valence-electron chi connectivity index (χ3n) is 1.98. The van der Waals surface area contributed by atoms with E-state index in [-0.39, 0.29) is 0 Å². The van der Waals surface area contributed by atoms with Crippen LogP contribution in [0.1, 0.15) is 23.3 Å². The molecular weight excluding hydrogens is 226 g/mol. The molecule has 1 N–H and O–H groups in total. The maximum atomic E-state index is 10.8. The first-order valence-corrected chi connectivity index (χ1v) is 5.19. The molecule has 5 heteroatoms. The Morgan fingerprint density at radius 2 is 2.38 bits per heavy atom. The van der Waals surface area contributed by atoms with E-state index in [1.165, 1.54) is 12.1 Å². The van der Waals surface area contributed by atoms with Crippen LogP contribution in [0.25, 0.3) is 0 Å². The number of carboxylic acids is 1. The maximum Gasteiger partial charge on any atom is 0.320 e. The lowest BCUT2D eigenvalue weighted by atomic mass is 10.0. The molecule has 0 fully saturated rings. The van der Waals surface area contributed by atoms with Gasteiger partial charge in [-0.15, -0.1) is 0 Å². The molecule has 0 aromatic heterocycles. The van der Waals surface area contributed by atoms with Gasteiger partial charge in [0.2, 0.25) is 0 Å². The Morgan fingerprint density at radius 1 is 1.69 bits per heavy atom. The summed E-state index contributed by atoms with van der Waals surface area (Å²) in [6.45, 7) is 2.31. The standard InChI is InChI=1S/C11H11NO3S/c1-2-15-8-4-3-7(6-12)9(5-8)10(16)11(13)14/h3-5,10,16H,2H2,1H3,(H,13,14). The van der Waals surface area contributed by atoms with Crippen LogP contribution in [0.15, 0.2) is 18.2 Å². The highest BCUT2D eigenvalue weighted by Crippen LogP contribution is 2.27. The van der Waals surface area contributed by atoms with Gasteiger partial charge in [-0.2, -0.15) is 17.9 Å². The highest BCUT2D eigenvalue weighted by Gasteiger charge is 2.19. The predicted octanol–water partition coefficient (Wildman–Crippen LogP) is 2.01. The summed E-state index contributed by atoms with van der Waals surface area (Å²) >= 11 is 3.95. The SMILES string of the molecule is CCOc1ccc(C#N)c(C(S)C(=O)O)c1. The fourth-order valence-electron chi connectivity index (χ4n) is 1.26. The van der Waals surface area contributed by atoms with Crippen LogP contribution in [0.4, 0.5) is 0 Å². The van der Waals surface area contributed by atoms with E-state index in [0.717, 1.165) is 0 Å². The monoisotopic (exact) mass is 237 g/mol. The van der Waals surface area contributed by atoms with Crippen LogP contribution in [0.2, 0.25) is 0 Å². The molecule has 1 atom stereocenters. The lowest BCUT2D eigenvalue weighted by molar-refractivity contribution is -0.136. The Bertz CT molecular complexity index is 439. The van der Waals surface area contributed by atoms with E-state index < -0.39 is 11.2 Å². The number of benzene rings is 1. The molecule has 84 valence electrons. The summed E-state index contributed by atoms with van der Waals surface area (Å²) in [5.41, 5.74) is 0.648. The molecule has 0 aliphatic heterocycles. The molecule has 0 bridgehead atoms. The van der Waals surface area contributed by atoms with Gasteiger partial charge in [0.1, 0.15) is 11.0 Å². The Labute approximate surface area is 98.9 Å². The lowest BCUT2D eigenvalue weighted by Gasteiger charge is -2.10. The van der Waals surface area contributed by atoms with Crippen molar-refractivity contribution in [2.75, 3.05) is 6.61 Å². The van der Waals surface area contributed by atoms with Crippen molar-refractivity contribution in [2.45, 2.75) is 12.2 Å². The fourth-order valence-corrected chi connectivity index (χ4v) is 1.47. The summed E-state index contributed by atoms with van der Waals surface area (Å²) in [4.78, 5) is 10.8. The van der Waals surface area contributed by atoms with Gasteiger partial charge in [0.05, 0.1) is 18.2 Å². The van der Waals surface area contributed by atoms with Crippen molar-refractivity contribution < 1.29 is 14.6 Å². The molecule has 0 radical (unpaired) electrons. The zero-order valence-corrected chi connectivity index (χ0v) is 9.57. The molecule has 0 amide bonds. The van der Waals surface area contributed by atoms with Gasteiger partial charge in [0.15, 0.2) is 0 Å². The van der Waals surface area contributed by atoms with E-state index in [9.17, 15) is 4.79 Å². The van der Waals surface area contributed by atoms with Crippen LogP contribution >= 0.6 is 12.6 Å². The van der Waals surface area contributed by atoms with Crippen molar-refractivity contribution in [1.82, 2.24) is 0 Å². The number of nitriles is 1. The number of rotatable bonds is 4. The second-order valence-electron chi connectivity index (χ2n) is 3.03. The van der Waals surface area contributed by atoms with Crippen molar-refractivity contribution in [3.63, 3.8) is 0 Å². The largest absolute Gasteiger partial charge is 0.494 e. The molecule has 1 unspecified atom stereocenters. The van der Waals surface area contributed by atoms with Crippen LogP contribution < -0.4 is 4.74 Å². The summed E-state index contributed by atoms with van der Waals surface area (Å²) in [5, 5.41) is 16.7. The minimum atomic E-state index is -1.09. The van der Waals surface area contributed by atoms with E-state index in [2.05, 4.69) is 12.6 Å². The predicted molar refractivity (Wildman–Crippen MR) is 61.7 cm³/mol. The van der Waals surface area contributed by atoms with Gasteiger partial charge in [-0.1, -0.05) is 0 Å². The molecule has 1 aromatic rings. The normalized spacial score (nSPS) is 11.6. The van der Waals surface area contributed by atoms with Crippen LogP contribution in [-0.2, 0) is 4.79 Å². The van der Waals surface area contributed by atoms with Gasteiger partial charge >= 0.3 is 5.97 Å². The topological polar surface area (TPSA) is 70.3 Å². The Morgan fingerprint density at radius 3 is 2.88 bits per heavy atom. The second-order valence-corrected chi connectivity index (χ2v) is 3.55. The molecule has 1 aromatic carbocycles. The van der Waals surface area contributed by atoms with Gasteiger partial charge < -0.3 is 9.84 Å². The molecule has 16 heavy (non-hydrogen) atoms. The number of carboxylic acid groups (broad SMARTS) is 1. The van der Waals surface area contributed by atoms with Crippen molar-refractivity contribution >= 4 is 18.6 Å². The average molecular weight is 237 g/mol. The molecule has 4 nitrogen and oxygen atoms in total. The minimum Gasteiger partial charge on any atom is -0.494 e. The third kappa shape index (κ3) is 2.67. The van der Waals surface area contributed by atoms with E-state index in [1.54, 1.807) is 6.07 Å². The highest BCUT2D eigenvalue weighted by molar-refractivity contribution is 7.81. The summed E-state index contributed by atoms with van der Waals surface area (Å²) in [6.07, 6.45) is 0. The second kappa shape index (κ2) is 5.42. The minimum absolute atomic E-state index is 0.297. The van der Waals surface area contributed by atoms with Crippen LogP contribution in [0.3, 0.4) is 0 Å². The van der Waals surface area contributed by atoms with E-state index in [4.69, 9.17) is 15.1 Å². The highest BCUT2D eigenvalue weighted by atomic mass is 32.1. The average Bonchev–Trinajstić information content (AvgIpc) is 2.28. The van der Waals surface area contributed by atoms with Crippen LogP contribution in [0.5, 0.6) is 5.75 Å². The van der Waals surface area contributed by atoms with Crippen LogP contribution in [-0.4, -0.2) is 17.7 Å². The van der Waals surface area contributed by atoms with E-state index in [1.807, 2.05) is 13.0 Å². The third-order valence-corrected chi connectivity index (χ3v) is 2.48. The molecule has 0 spiro atoms. The van der Waals surface area contributed by atoms with Crippen molar-refractivity contribution in [1.29, 1.82) is 5.26 Å². The van der Waals surface area contributed by atoms with Gasteiger partial charge in [0, 0.05) is 0 Å². The number of carbonyl (C=O) groups is 1. The van der Waals surface area contributed by atoms with Gasteiger partial charge in [-0.3, -0.25) is 4.79 Å². The number of hydrogen-bond donors (Lipinski definition) is 2. The van der Waals surface area contributed by atoms with Gasteiger partial charge in [0.25, 0.3) is 0 Å². The summed E-state index contributed by atoms with van der Waals surface area (Å²) in [6, 6.07) is 6.64.